The lowest BCUT2D eigenvalue weighted by molar-refractivity contribution is 0.687. The Hall–Kier alpha value is -1.17. The van der Waals surface area contributed by atoms with E-state index in [1.807, 2.05) is 0 Å². The summed E-state index contributed by atoms with van der Waals surface area (Å²) >= 11 is 2.14. The molecule has 0 radical (unpaired) electrons. The Bertz CT molecular complexity index is 710. The van der Waals surface area contributed by atoms with E-state index in [2.05, 4.69) is 59.6 Å². The average molecular weight is 394 g/mol. The summed E-state index contributed by atoms with van der Waals surface area (Å²) in [4.78, 5) is 20.0. The summed E-state index contributed by atoms with van der Waals surface area (Å²) < 4.78 is 0.757. The van der Waals surface area contributed by atoms with E-state index in [1.165, 1.54) is 24.0 Å². The fraction of sp³-hybridized carbons (Fsp3) is 0.412. The zero-order chi connectivity index (χ0) is 15.0. The van der Waals surface area contributed by atoms with Gasteiger partial charge in [0.25, 0.3) is 5.56 Å². The van der Waals surface area contributed by atoms with E-state index in [4.69, 9.17) is 4.98 Å². The molecule has 0 unspecified atom stereocenters. The standard InChI is InChI=1S/C17H19IN2O/c1-10-7-11(2)9-13(8-10)16-19-15(12-5-3-4-6-12)14(18)17(21)20-16/h7-9,12H,3-6H2,1-2H3,(H,19,20,21). The molecular formula is C17H19IN2O. The van der Waals surface area contributed by atoms with Crippen molar-refractivity contribution in [2.45, 2.75) is 45.4 Å². The molecule has 0 saturated heterocycles. The van der Waals surface area contributed by atoms with E-state index in [9.17, 15) is 4.79 Å². The van der Waals surface area contributed by atoms with Crippen LogP contribution in [0.1, 0.15) is 48.4 Å². The Balaban J connectivity index is 2.12. The summed E-state index contributed by atoms with van der Waals surface area (Å²) in [6, 6.07) is 6.29. The number of aromatic nitrogens is 2. The minimum atomic E-state index is -0.0124. The zero-order valence-electron chi connectivity index (χ0n) is 12.4. The van der Waals surface area contributed by atoms with Gasteiger partial charge >= 0.3 is 0 Å². The van der Waals surface area contributed by atoms with E-state index >= 15 is 0 Å². The van der Waals surface area contributed by atoms with Gasteiger partial charge in [-0.1, -0.05) is 30.0 Å². The molecule has 0 bridgehead atoms. The monoisotopic (exact) mass is 394 g/mol. The lowest BCUT2D eigenvalue weighted by Gasteiger charge is -2.13. The van der Waals surface area contributed by atoms with Crippen LogP contribution in [-0.2, 0) is 0 Å². The third-order valence-electron chi connectivity index (χ3n) is 4.13. The van der Waals surface area contributed by atoms with Gasteiger partial charge in [-0.05, 0) is 61.4 Å². The minimum Gasteiger partial charge on any atom is -0.306 e. The van der Waals surface area contributed by atoms with E-state index < -0.39 is 0 Å². The van der Waals surface area contributed by atoms with Gasteiger partial charge in [-0.15, -0.1) is 0 Å². The number of aromatic amines is 1. The molecule has 21 heavy (non-hydrogen) atoms. The zero-order valence-corrected chi connectivity index (χ0v) is 14.5. The molecule has 1 fully saturated rings. The Morgan fingerprint density at radius 3 is 2.38 bits per heavy atom. The third kappa shape index (κ3) is 3.05. The molecule has 4 heteroatoms. The maximum Gasteiger partial charge on any atom is 0.264 e. The Labute approximate surface area is 138 Å². The molecule has 3 rings (SSSR count). The Morgan fingerprint density at radius 2 is 1.76 bits per heavy atom. The fourth-order valence-electron chi connectivity index (χ4n) is 3.19. The Kier molecular flexibility index (Phi) is 4.15. The van der Waals surface area contributed by atoms with Gasteiger partial charge in [-0.25, -0.2) is 4.98 Å². The first-order valence-electron chi connectivity index (χ1n) is 7.43. The van der Waals surface area contributed by atoms with Crippen molar-refractivity contribution >= 4 is 22.6 Å². The van der Waals surface area contributed by atoms with Crippen LogP contribution < -0.4 is 5.56 Å². The minimum absolute atomic E-state index is 0.0124. The Morgan fingerprint density at radius 1 is 1.14 bits per heavy atom. The van der Waals surface area contributed by atoms with Crippen LogP contribution in [0.15, 0.2) is 23.0 Å². The third-order valence-corrected chi connectivity index (χ3v) is 5.17. The predicted molar refractivity (Wildman–Crippen MR) is 93.7 cm³/mol. The average Bonchev–Trinajstić information content (AvgIpc) is 2.94. The van der Waals surface area contributed by atoms with Crippen LogP contribution in [0.2, 0.25) is 0 Å². The second-order valence-electron chi connectivity index (χ2n) is 5.97. The van der Waals surface area contributed by atoms with Gasteiger partial charge in [0, 0.05) is 11.5 Å². The number of nitrogens with one attached hydrogen (secondary N) is 1. The van der Waals surface area contributed by atoms with Gasteiger partial charge in [0.15, 0.2) is 0 Å². The molecule has 3 nitrogen and oxygen atoms in total. The maximum absolute atomic E-state index is 12.3. The highest BCUT2D eigenvalue weighted by atomic mass is 127. The van der Waals surface area contributed by atoms with E-state index in [0.717, 1.165) is 27.7 Å². The molecule has 2 aromatic rings. The van der Waals surface area contributed by atoms with Gasteiger partial charge in [-0.2, -0.15) is 0 Å². The fourth-order valence-corrected chi connectivity index (χ4v) is 3.89. The number of halogens is 1. The molecule has 1 saturated carbocycles. The maximum atomic E-state index is 12.3. The van der Waals surface area contributed by atoms with Crippen molar-refractivity contribution in [1.29, 1.82) is 0 Å². The van der Waals surface area contributed by atoms with Crippen LogP contribution in [0.5, 0.6) is 0 Å². The summed E-state index contributed by atoms with van der Waals surface area (Å²) in [5, 5.41) is 0. The molecule has 0 aliphatic heterocycles. The molecule has 0 spiro atoms. The van der Waals surface area contributed by atoms with Crippen LogP contribution >= 0.6 is 22.6 Å². The highest BCUT2D eigenvalue weighted by molar-refractivity contribution is 14.1. The molecule has 1 aromatic carbocycles. The number of rotatable bonds is 2. The molecule has 1 aliphatic rings. The van der Waals surface area contributed by atoms with Crippen molar-refractivity contribution < 1.29 is 0 Å². The first-order valence-corrected chi connectivity index (χ1v) is 8.51. The second kappa shape index (κ2) is 5.91. The van der Waals surface area contributed by atoms with Crippen molar-refractivity contribution in [3.8, 4) is 11.4 Å². The van der Waals surface area contributed by atoms with Crippen LogP contribution in [0.3, 0.4) is 0 Å². The van der Waals surface area contributed by atoms with Gasteiger partial charge in [-0.3, -0.25) is 4.79 Å². The van der Waals surface area contributed by atoms with Crippen LogP contribution in [0.25, 0.3) is 11.4 Å². The lowest BCUT2D eigenvalue weighted by Crippen LogP contribution is -2.18. The molecule has 1 heterocycles. The lowest BCUT2D eigenvalue weighted by atomic mass is 10.0. The summed E-state index contributed by atoms with van der Waals surface area (Å²) in [5.74, 6) is 1.15. The summed E-state index contributed by atoms with van der Waals surface area (Å²) in [6.45, 7) is 4.14. The SMILES string of the molecule is Cc1cc(C)cc(-c2nc(C3CCCC3)c(I)c(=O)[nH]2)c1. The first-order chi connectivity index (χ1) is 10.0. The molecule has 1 aliphatic carbocycles. The van der Waals surface area contributed by atoms with Gasteiger partial charge in [0.2, 0.25) is 0 Å². The molecular weight excluding hydrogens is 375 g/mol. The van der Waals surface area contributed by atoms with Gasteiger partial charge in [0.1, 0.15) is 5.82 Å². The van der Waals surface area contributed by atoms with Crippen LogP contribution in [0.4, 0.5) is 0 Å². The van der Waals surface area contributed by atoms with Crippen LogP contribution in [0, 0.1) is 17.4 Å². The highest BCUT2D eigenvalue weighted by Crippen LogP contribution is 2.35. The molecule has 1 aromatic heterocycles. The smallest absolute Gasteiger partial charge is 0.264 e. The van der Waals surface area contributed by atoms with Gasteiger partial charge in [0.05, 0.1) is 9.26 Å². The first kappa shape index (κ1) is 14.8. The largest absolute Gasteiger partial charge is 0.306 e. The van der Waals surface area contributed by atoms with Gasteiger partial charge < -0.3 is 4.98 Å². The summed E-state index contributed by atoms with van der Waals surface area (Å²) in [6.07, 6.45) is 4.79. The van der Waals surface area contributed by atoms with Crippen LogP contribution in [-0.4, -0.2) is 9.97 Å². The number of hydrogen-bond acceptors (Lipinski definition) is 2. The highest BCUT2D eigenvalue weighted by Gasteiger charge is 2.23. The van der Waals surface area contributed by atoms with E-state index in [1.54, 1.807) is 0 Å². The molecule has 110 valence electrons. The van der Waals surface area contributed by atoms with Crippen molar-refractivity contribution in [2.75, 3.05) is 0 Å². The number of benzene rings is 1. The second-order valence-corrected chi connectivity index (χ2v) is 7.05. The number of H-pyrrole nitrogens is 1. The van der Waals surface area contributed by atoms with E-state index in [-0.39, 0.29) is 5.56 Å². The van der Waals surface area contributed by atoms with E-state index in [0.29, 0.717) is 11.7 Å². The van der Waals surface area contributed by atoms with Crippen molar-refractivity contribution in [2.24, 2.45) is 0 Å². The molecule has 1 N–H and O–H groups in total. The quantitative estimate of drug-likeness (QED) is 0.772. The van der Waals surface area contributed by atoms with Crippen molar-refractivity contribution in [3.05, 3.63) is 48.9 Å². The normalized spacial score (nSPS) is 15.6. The summed E-state index contributed by atoms with van der Waals surface area (Å²) in [7, 11) is 0. The number of nitrogens with zero attached hydrogens (tertiary/aromatic N) is 1. The predicted octanol–water partition coefficient (Wildman–Crippen LogP) is 4.32. The summed E-state index contributed by atoms with van der Waals surface area (Å²) in [5.41, 5.74) is 4.36. The number of hydrogen-bond donors (Lipinski definition) is 1. The molecule has 0 amide bonds. The van der Waals surface area contributed by atoms with Crippen molar-refractivity contribution in [1.82, 2.24) is 9.97 Å². The van der Waals surface area contributed by atoms with Crippen molar-refractivity contribution in [3.63, 3.8) is 0 Å². The topological polar surface area (TPSA) is 45.8 Å². The molecule has 0 atom stereocenters. The number of aryl methyl sites for hydroxylation is 2.